The van der Waals surface area contributed by atoms with E-state index in [1.54, 1.807) is 18.2 Å². The Balaban J connectivity index is 2.35. The Bertz CT molecular complexity index is 628. The molecule has 0 bridgehead atoms. The van der Waals surface area contributed by atoms with Crippen LogP contribution in [0.15, 0.2) is 23.9 Å². The van der Waals surface area contributed by atoms with E-state index in [0.29, 0.717) is 22.7 Å². The van der Waals surface area contributed by atoms with E-state index in [9.17, 15) is 0 Å². The molecule has 0 radical (unpaired) electrons. The average molecular weight is 238 g/mol. The van der Waals surface area contributed by atoms with Gasteiger partial charge in [0.2, 0.25) is 6.79 Å². The van der Waals surface area contributed by atoms with Crippen LogP contribution in [0.4, 0.5) is 5.69 Å². The largest absolute Gasteiger partial charge is 0.454 e. The van der Waals surface area contributed by atoms with Crippen LogP contribution in [0.3, 0.4) is 0 Å². The number of rotatable bonds is 2. The molecule has 1 heterocycles. The number of nitrogens with one attached hydrogen (secondary N) is 1. The molecule has 1 aliphatic rings. The van der Waals surface area contributed by atoms with Crippen LogP contribution >= 0.6 is 0 Å². The van der Waals surface area contributed by atoms with Gasteiger partial charge in [-0.1, -0.05) is 0 Å². The molecule has 86 valence electrons. The van der Waals surface area contributed by atoms with E-state index in [1.807, 2.05) is 6.07 Å². The fraction of sp³-hybridized carbons (Fsp3) is 0.0833. The monoisotopic (exact) mass is 238 g/mol. The van der Waals surface area contributed by atoms with Crippen molar-refractivity contribution in [2.75, 3.05) is 12.1 Å². The third-order valence-corrected chi connectivity index (χ3v) is 2.25. The van der Waals surface area contributed by atoms with Crippen LogP contribution in [0.5, 0.6) is 11.5 Å². The SMILES string of the molecule is N#CC(C#N)=CNc1cc2c(cc1C#N)OCO2. The molecule has 0 saturated heterocycles. The number of hydrogen-bond donors (Lipinski definition) is 1. The summed E-state index contributed by atoms with van der Waals surface area (Å²) in [4.78, 5) is 0. The number of fused-ring (bicyclic) bond motifs is 1. The van der Waals surface area contributed by atoms with Crippen molar-refractivity contribution in [3.63, 3.8) is 0 Å². The van der Waals surface area contributed by atoms with Crippen LogP contribution in [0, 0.1) is 34.0 Å². The van der Waals surface area contributed by atoms with Gasteiger partial charge in [0.25, 0.3) is 0 Å². The molecule has 0 atom stereocenters. The summed E-state index contributed by atoms with van der Waals surface area (Å²) in [7, 11) is 0. The zero-order chi connectivity index (χ0) is 13.0. The van der Waals surface area contributed by atoms with Gasteiger partial charge in [-0.25, -0.2) is 0 Å². The second kappa shape index (κ2) is 4.78. The van der Waals surface area contributed by atoms with Gasteiger partial charge >= 0.3 is 0 Å². The molecule has 1 aromatic rings. The molecular weight excluding hydrogens is 232 g/mol. The van der Waals surface area contributed by atoms with Crippen LogP contribution in [-0.4, -0.2) is 6.79 Å². The van der Waals surface area contributed by atoms with Crippen LogP contribution in [0.1, 0.15) is 5.56 Å². The van der Waals surface area contributed by atoms with Gasteiger partial charge < -0.3 is 14.8 Å². The maximum atomic E-state index is 8.99. The minimum absolute atomic E-state index is 0.0865. The standard InChI is InChI=1S/C12H6N4O2/c13-3-8(4-14)6-16-10-2-12-11(17-7-18-12)1-9(10)5-15/h1-2,6,16H,7H2. The van der Waals surface area contributed by atoms with Crippen molar-refractivity contribution in [1.82, 2.24) is 0 Å². The van der Waals surface area contributed by atoms with Crippen molar-refractivity contribution in [1.29, 1.82) is 15.8 Å². The van der Waals surface area contributed by atoms with Crippen molar-refractivity contribution >= 4 is 5.69 Å². The van der Waals surface area contributed by atoms with E-state index in [-0.39, 0.29) is 12.4 Å². The first-order valence-electron chi connectivity index (χ1n) is 4.89. The van der Waals surface area contributed by atoms with Gasteiger partial charge in [0, 0.05) is 18.3 Å². The fourth-order valence-corrected chi connectivity index (χ4v) is 1.39. The lowest BCUT2D eigenvalue weighted by atomic mass is 10.1. The third kappa shape index (κ3) is 2.02. The number of allylic oxidation sites excluding steroid dienone is 1. The van der Waals surface area contributed by atoms with E-state index >= 15 is 0 Å². The van der Waals surface area contributed by atoms with Crippen molar-refractivity contribution in [2.24, 2.45) is 0 Å². The number of hydrogen-bond acceptors (Lipinski definition) is 6. The second-order valence-electron chi connectivity index (χ2n) is 3.29. The van der Waals surface area contributed by atoms with Crippen molar-refractivity contribution in [3.05, 3.63) is 29.5 Å². The quantitative estimate of drug-likeness (QED) is 0.785. The summed E-state index contributed by atoms with van der Waals surface area (Å²) >= 11 is 0. The summed E-state index contributed by atoms with van der Waals surface area (Å²) in [5, 5.41) is 28.9. The summed E-state index contributed by atoms with van der Waals surface area (Å²) in [5.41, 5.74) is 0.701. The van der Waals surface area contributed by atoms with Gasteiger partial charge in [-0.15, -0.1) is 0 Å². The van der Waals surface area contributed by atoms with E-state index < -0.39 is 0 Å². The zero-order valence-corrected chi connectivity index (χ0v) is 9.10. The third-order valence-electron chi connectivity index (χ3n) is 2.25. The van der Waals surface area contributed by atoms with Crippen molar-refractivity contribution in [3.8, 4) is 29.7 Å². The summed E-state index contributed by atoms with van der Waals surface area (Å²) in [6, 6.07) is 8.54. The molecule has 0 aromatic heterocycles. The molecule has 6 heteroatoms. The molecule has 1 N–H and O–H groups in total. The Labute approximate surface area is 103 Å². The lowest BCUT2D eigenvalue weighted by Crippen LogP contribution is -1.93. The van der Waals surface area contributed by atoms with Gasteiger partial charge in [0.05, 0.1) is 11.3 Å². The molecule has 1 aliphatic heterocycles. The fourth-order valence-electron chi connectivity index (χ4n) is 1.39. The normalized spacial score (nSPS) is 10.7. The minimum Gasteiger partial charge on any atom is -0.454 e. The maximum absolute atomic E-state index is 8.99. The van der Waals surface area contributed by atoms with Gasteiger partial charge in [0.15, 0.2) is 11.5 Å². The molecule has 18 heavy (non-hydrogen) atoms. The Hall–Kier alpha value is -3.17. The highest BCUT2D eigenvalue weighted by Crippen LogP contribution is 2.36. The predicted octanol–water partition coefficient (Wildman–Crippen LogP) is 1.63. The van der Waals surface area contributed by atoms with Crippen molar-refractivity contribution < 1.29 is 9.47 Å². The highest BCUT2D eigenvalue weighted by atomic mass is 16.7. The molecular formula is C12H6N4O2. The van der Waals surface area contributed by atoms with Crippen LogP contribution in [0.25, 0.3) is 0 Å². The number of ether oxygens (including phenoxy) is 2. The number of benzene rings is 1. The zero-order valence-electron chi connectivity index (χ0n) is 9.10. The summed E-state index contributed by atoms with van der Waals surface area (Å²) in [5.74, 6) is 1.02. The Morgan fingerprint density at radius 2 is 1.83 bits per heavy atom. The Morgan fingerprint density at radius 1 is 1.17 bits per heavy atom. The summed E-state index contributed by atoms with van der Waals surface area (Å²) in [6.45, 7) is 0.112. The first-order chi connectivity index (χ1) is 8.78. The second-order valence-corrected chi connectivity index (χ2v) is 3.29. The van der Waals surface area contributed by atoms with E-state index in [4.69, 9.17) is 25.3 Å². The Kier molecular flexibility index (Phi) is 3.00. The van der Waals surface area contributed by atoms with Crippen LogP contribution < -0.4 is 14.8 Å². The van der Waals surface area contributed by atoms with E-state index in [1.165, 1.54) is 12.3 Å². The molecule has 0 unspecified atom stereocenters. The van der Waals surface area contributed by atoms with Gasteiger partial charge in [-0.2, -0.15) is 15.8 Å². The Morgan fingerprint density at radius 3 is 2.44 bits per heavy atom. The van der Waals surface area contributed by atoms with Crippen LogP contribution in [0.2, 0.25) is 0 Å². The highest BCUT2D eigenvalue weighted by molar-refractivity contribution is 5.66. The molecule has 0 fully saturated rings. The topological polar surface area (TPSA) is 102 Å². The molecule has 1 aromatic carbocycles. The predicted molar refractivity (Wildman–Crippen MR) is 60.2 cm³/mol. The molecule has 0 spiro atoms. The lowest BCUT2D eigenvalue weighted by molar-refractivity contribution is 0.174. The first kappa shape index (κ1) is 11.3. The number of nitrogens with zero attached hydrogens (tertiary/aromatic N) is 3. The number of anilines is 1. The molecule has 6 nitrogen and oxygen atoms in total. The average Bonchev–Trinajstić information content (AvgIpc) is 2.85. The van der Waals surface area contributed by atoms with Crippen LogP contribution in [-0.2, 0) is 0 Å². The number of nitriles is 3. The molecule has 2 rings (SSSR count). The van der Waals surface area contributed by atoms with Crippen molar-refractivity contribution in [2.45, 2.75) is 0 Å². The van der Waals surface area contributed by atoms with E-state index in [0.717, 1.165) is 0 Å². The first-order valence-corrected chi connectivity index (χ1v) is 4.89. The van der Waals surface area contributed by atoms with Gasteiger partial charge in [-0.05, 0) is 0 Å². The van der Waals surface area contributed by atoms with Gasteiger partial charge in [0.1, 0.15) is 23.8 Å². The maximum Gasteiger partial charge on any atom is 0.231 e. The summed E-state index contributed by atoms with van der Waals surface area (Å²) < 4.78 is 10.3. The molecule has 0 amide bonds. The highest BCUT2D eigenvalue weighted by Gasteiger charge is 2.16. The molecule has 0 aliphatic carbocycles. The summed E-state index contributed by atoms with van der Waals surface area (Å²) in [6.07, 6.45) is 1.23. The smallest absolute Gasteiger partial charge is 0.231 e. The molecule has 0 saturated carbocycles. The van der Waals surface area contributed by atoms with Gasteiger partial charge in [-0.3, -0.25) is 0 Å². The van der Waals surface area contributed by atoms with E-state index in [2.05, 4.69) is 5.32 Å². The lowest BCUT2D eigenvalue weighted by Gasteiger charge is -2.05. The minimum atomic E-state index is -0.0865.